The fourth-order valence-corrected chi connectivity index (χ4v) is 5.19. The van der Waals surface area contributed by atoms with Crippen LogP contribution in [0.1, 0.15) is 37.5 Å². The predicted molar refractivity (Wildman–Crippen MR) is 107 cm³/mol. The molecule has 2 aliphatic rings. The minimum atomic E-state index is -0.644. The van der Waals surface area contributed by atoms with Crippen LogP contribution in [-0.2, 0) is 4.79 Å². The normalized spacial score (nSPS) is 20.7. The lowest BCUT2D eigenvalue weighted by Crippen LogP contribution is -2.29. The van der Waals surface area contributed by atoms with Crippen molar-refractivity contribution in [2.45, 2.75) is 36.8 Å². The molecule has 0 radical (unpaired) electrons. The molecule has 1 atom stereocenters. The van der Waals surface area contributed by atoms with Gasteiger partial charge in [-0.05, 0) is 30.0 Å². The van der Waals surface area contributed by atoms with Crippen molar-refractivity contribution >= 4 is 28.9 Å². The number of nitro benzene ring substituents is 1. The van der Waals surface area contributed by atoms with Gasteiger partial charge in [-0.3, -0.25) is 14.9 Å². The van der Waals surface area contributed by atoms with E-state index >= 15 is 0 Å². The number of benzene rings is 2. The van der Waals surface area contributed by atoms with Crippen molar-refractivity contribution in [3.05, 3.63) is 75.2 Å². The second-order valence-electron chi connectivity index (χ2n) is 7.92. The highest BCUT2D eigenvalue weighted by Crippen LogP contribution is 2.52. The van der Waals surface area contributed by atoms with Crippen molar-refractivity contribution in [3.8, 4) is 0 Å². The van der Waals surface area contributed by atoms with E-state index in [1.807, 2.05) is 38.1 Å². The number of nitrogens with one attached hydrogen (secondary N) is 1. The van der Waals surface area contributed by atoms with Crippen LogP contribution in [0.25, 0.3) is 0 Å². The molecule has 144 valence electrons. The van der Waals surface area contributed by atoms with E-state index < -0.39 is 16.0 Å². The Morgan fingerprint density at radius 2 is 1.96 bits per heavy atom. The van der Waals surface area contributed by atoms with Gasteiger partial charge in [0, 0.05) is 40.3 Å². The zero-order valence-corrected chi connectivity index (χ0v) is 16.3. The number of nitro groups is 1. The lowest BCUT2D eigenvalue weighted by atomic mass is 9.74. The van der Waals surface area contributed by atoms with Crippen molar-refractivity contribution in [1.82, 2.24) is 0 Å². The van der Waals surface area contributed by atoms with Crippen molar-refractivity contribution in [2.24, 2.45) is 5.41 Å². The van der Waals surface area contributed by atoms with Gasteiger partial charge in [0.05, 0.1) is 15.9 Å². The lowest BCUT2D eigenvalue weighted by Gasteiger charge is -2.33. The molecule has 0 aromatic heterocycles. The number of nitrogens with zero attached hydrogens (tertiary/aromatic N) is 1. The summed E-state index contributed by atoms with van der Waals surface area (Å²) >= 11 is 1.35. The van der Waals surface area contributed by atoms with E-state index in [0.29, 0.717) is 18.4 Å². The van der Waals surface area contributed by atoms with Gasteiger partial charge in [-0.25, -0.2) is 4.39 Å². The Balaban J connectivity index is 1.93. The molecule has 4 rings (SSSR count). The number of anilines is 1. The number of hydrogen-bond donors (Lipinski definition) is 1. The summed E-state index contributed by atoms with van der Waals surface area (Å²) in [4.78, 5) is 24.7. The highest BCUT2D eigenvalue weighted by Gasteiger charge is 2.40. The standard InChI is InChI=1S/C21H19FN2O3S/c1-21(2)10-16-19(17(25)11-21)20(28-18-6-4-3-5-15(18)23-16)13-9-12(24(26)27)7-8-14(13)22/h3-9,20,23H,10-11H2,1-2H3/t20-/m1/s1. The first kappa shape index (κ1) is 18.7. The molecule has 5 nitrogen and oxygen atoms in total. The summed E-state index contributed by atoms with van der Waals surface area (Å²) in [6.45, 7) is 4.06. The molecule has 0 saturated heterocycles. The Morgan fingerprint density at radius 1 is 1.21 bits per heavy atom. The Hall–Kier alpha value is -2.67. The van der Waals surface area contributed by atoms with Crippen LogP contribution in [0, 0.1) is 21.3 Å². The molecule has 0 fully saturated rings. The van der Waals surface area contributed by atoms with Gasteiger partial charge in [0.25, 0.3) is 5.69 Å². The second kappa shape index (κ2) is 6.74. The first-order valence-electron chi connectivity index (χ1n) is 8.98. The zero-order valence-electron chi connectivity index (χ0n) is 15.5. The number of rotatable bonds is 2. The van der Waals surface area contributed by atoms with Crippen LogP contribution in [0.2, 0.25) is 0 Å². The quantitative estimate of drug-likeness (QED) is 0.524. The maximum absolute atomic E-state index is 14.8. The van der Waals surface area contributed by atoms with E-state index in [1.165, 1.54) is 17.8 Å². The molecule has 7 heteroatoms. The van der Waals surface area contributed by atoms with E-state index in [-0.39, 0.29) is 22.4 Å². The Bertz CT molecular complexity index is 1030. The number of fused-ring (bicyclic) bond motifs is 1. The third-order valence-corrected chi connectivity index (χ3v) is 6.41. The summed E-state index contributed by atoms with van der Waals surface area (Å²) in [5, 5.41) is 14.0. The van der Waals surface area contributed by atoms with Crippen molar-refractivity contribution in [3.63, 3.8) is 0 Å². The Labute approximate surface area is 166 Å². The molecule has 1 heterocycles. The highest BCUT2D eigenvalue weighted by molar-refractivity contribution is 8.00. The van der Waals surface area contributed by atoms with E-state index in [4.69, 9.17) is 0 Å². The molecule has 0 spiro atoms. The average Bonchev–Trinajstić information content (AvgIpc) is 2.77. The monoisotopic (exact) mass is 398 g/mol. The van der Waals surface area contributed by atoms with Crippen LogP contribution in [-0.4, -0.2) is 10.7 Å². The molecule has 1 N–H and O–H groups in total. The molecular formula is C21H19FN2O3S. The molecule has 0 unspecified atom stereocenters. The highest BCUT2D eigenvalue weighted by atomic mass is 32.2. The summed E-state index contributed by atoms with van der Waals surface area (Å²) in [6.07, 6.45) is 1.01. The molecule has 1 aliphatic heterocycles. The van der Waals surface area contributed by atoms with Crippen molar-refractivity contribution < 1.29 is 14.1 Å². The largest absolute Gasteiger partial charge is 0.358 e. The van der Waals surface area contributed by atoms with Gasteiger partial charge in [-0.2, -0.15) is 0 Å². The number of halogens is 1. The number of allylic oxidation sites excluding steroid dienone is 1. The number of para-hydroxylation sites is 1. The number of ketones is 1. The predicted octanol–water partition coefficient (Wildman–Crippen LogP) is 5.64. The zero-order chi connectivity index (χ0) is 20.1. The topological polar surface area (TPSA) is 72.2 Å². The van der Waals surface area contributed by atoms with Gasteiger partial charge in [0.2, 0.25) is 0 Å². The van der Waals surface area contributed by atoms with E-state index in [0.717, 1.165) is 28.4 Å². The van der Waals surface area contributed by atoms with Gasteiger partial charge < -0.3 is 5.32 Å². The summed E-state index contributed by atoms with van der Waals surface area (Å²) in [5.41, 5.74) is 1.92. The van der Waals surface area contributed by atoms with Crippen LogP contribution >= 0.6 is 11.8 Å². The number of hydrogen-bond acceptors (Lipinski definition) is 5. The Morgan fingerprint density at radius 3 is 2.71 bits per heavy atom. The average molecular weight is 398 g/mol. The molecular weight excluding hydrogens is 379 g/mol. The third-order valence-electron chi connectivity index (χ3n) is 5.07. The first-order chi connectivity index (χ1) is 13.2. The molecule has 2 aromatic rings. The van der Waals surface area contributed by atoms with E-state index in [2.05, 4.69) is 5.32 Å². The number of thioether (sulfide) groups is 1. The minimum absolute atomic E-state index is 0.0463. The fourth-order valence-electron chi connectivity index (χ4n) is 3.84. The molecule has 0 saturated carbocycles. The molecule has 2 aromatic carbocycles. The maximum atomic E-state index is 14.8. The second-order valence-corrected chi connectivity index (χ2v) is 9.06. The number of carbonyl (C=O) groups excluding carboxylic acids is 1. The molecule has 0 bridgehead atoms. The smallest absolute Gasteiger partial charge is 0.269 e. The summed E-state index contributed by atoms with van der Waals surface area (Å²) in [7, 11) is 0. The number of non-ortho nitro benzene ring substituents is 1. The number of carbonyl (C=O) groups is 1. The van der Waals surface area contributed by atoms with Gasteiger partial charge >= 0.3 is 0 Å². The summed E-state index contributed by atoms with van der Waals surface area (Å²) < 4.78 is 14.8. The van der Waals surface area contributed by atoms with E-state index in [9.17, 15) is 19.3 Å². The van der Waals surface area contributed by atoms with Crippen LogP contribution in [0.4, 0.5) is 15.8 Å². The minimum Gasteiger partial charge on any atom is -0.358 e. The van der Waals surface area contributed by atoms with Crippen LogP contribution in [0.3, 0.4) is 0 Å². The number of Topliss-reactive ketones (excluding diaryl/α,β-unsaturated/α-hetero) is 1. The summed E-state index contributed by atoms with van der Waals surface area (Å²) in [5.74, 6) is -0.595. The van der Waals surface area contributed by atoms with Crippen molar-refractivity contribution in [2.75, 3.05) is 5.32 Å². The molecule has 28 heavy (non-hydrogen) atoms. The fraction of sp³-hybridized carbons (Fsp3) is 0.286. The lowest BCUT2D eigenvalue weighted by molar-refractivity contribution is -0.385. The third kappa shape index (κ3) is 3.30. The van der Waals surface area contributed by atoms with Crippen LogP contribution in [0.15, 0.2) is 58.6 Å². The van der Waals surface area contributed by atoms with Crippen LogP contribution in [0.5, 0.6) is 0 Å². The maximum Gasteiger partial charge on any atom is 0.269 e. The molecule has 1 aliphatic carbocycles. The first-order valence-corrected chi connectivity index (χ1v) is 9.86. The molecule has 0 amide bonds. The van der Waals surface area contributed by atoms with Crippen LogP contribution < -0.4 is 5.32 Å². The Kier molecular flexibility index (Phi) is 4.50. The SMILES string of the molecule is CC1(C)CC(=O)C2=C(C1)Nc1ccccc1S[C@@H]2c1cc([N+](=O)[O-])ccc1F. The van der Waals surface area contributed by atoms with Crippen molar-refractivity contribution in [1.29, 1.82) is 0 Å². The summed E-state index contributed by atoms with van der Waals surface area (Å²) in [6, 6.07) is 11.1. The van der Waals surface area contributed by atoms with Gasteiger partial charge in [-0.1, -0.05) is 26.0 Å². The van der Waals surface area contributed by atoms with E-state index in [1.54, 1.807) is 0 Å². The van der Waals surface area contributed by atoms with Gasteiger partial charge in [0.1, 0.15) is 5.82 Å². The van der Waals surface area contributed by atoms with Gasteiger partial charge in [0.15, 0.2) is 5.78 Å². The van der Waals surface area contributed by atoms with Gasteiger partial charge in [-0.15, -0.1) is 11.8 Å².